The number of hydrazine groups is 1. The van der Waals surface area contributed by atoms with Gasteiger partial charge in [0.2, 0.25) is 5.91 Å². The van der Waals surface area contributed by atoms with Crippen molar-refractivity contribution < 1.29 is 4.79 Å². The van der Waals surface area contributed by atoms with Crippen LogP contribution in [0.2, 0.25) is 0 Å². The minimum atomic E-state index is -0.181. The Morgan fingerprint density at radius 3 is 2.91 bits per heavy atom. The van der Waals surface area contributed by atoms with Crippen molar-refractivity contribution in [1.29, 1.82) is 0 Å². The maximum Gasteiger partial charge on any atom is 0.236 e. The summed E-state index contributed by atoms with van der Waals surface area (Å²) in [5.41, 5.74) is 8.44. The Labute approximate surface area is 65.7 Å². The molecule has 0 spiro atoms. The fourth-order valence-corrected chi connectivity index (χ4v) is 2.12. The molecule has 4 nitrogen and oxygen atoms in total. The predicted octanol–water partition coefficient (Wildman–Crippen LogP) is -0.929. The molecule has 2 fully saturated rings. The summed E-state index contributed by atoms with van der Waals surface area (Å²) in [7, 11) is 0. The third-order valence-corrected chi connectivity index (χ3v) is 2.64. The Bertz CT molecular complexity index is 167. The van der Waals surface area contributed by atoms with Crippen molar-refractivity contribution in [1.82, 2.24) is 10.4 Å². The van der Waals surface area contributed by atoms with Crippen LogP contribution in [0.15, 0.2) is 0 Å². The lowest BCUT2D eigenvalue weighted by atomic mass is 9.95. The van der Waals surface area contributed by atoms with E-state index in [2.05, 4.69) is 5.43 Å². The lowest BCUT2D eigenvalue weighted by Crippen LogP contribution is -2.54. The molecule has 2 bridgehead atoms. The van der Waals surface area contributed by atoms with Crippen molar-refractivity contribution in [2.45, 2.75) is 18.9 Å². The fraction of sp³-hybridized carbons (Fsp3) is 0.857. The Morgan fingerprint density at radius 1 is 1.55 bits per heavy atom. The van der Waals surface area contributed by atoms with E-state index in [0.29, 0.717) is 5.92 Å². The van der Waals surface area contributed by atoms with Crippen molar-refractivity contribution in [3.05, 3.63) is 0 Å². The van der Waals surface area contributed by atoms with Crippen LogP contribution in [0, 0.1) is 5.92 Å². The lowest BCUT2D eigenvalue weighted by Gasteiger charge is -2.30. The first kappa shape index (κ1) is 7.06. The molecule has 2 saturated heterocycles. The Hall–Kier alpha value is -0.610. The van der Waals surface area contributed by atoms with E-state index in [4.69, 9.17) is 5.73 Å². The SMILES string of the molecule is NC(=O)C1C2CCNN1CC2. The van der Waals surface area contributed by atoms with Crippen LogP contribution in [0.1, 0.15) is 12.8 Å². The van der Waals surface area contributed by atoms with Crippen LogP contribution in [0.3, 0.4) is 0 Å². The number of hydrogen-bond acceptors (Lipinski definition) is 3. The standard InChI is InChI=1S/C7H13N3O/c8-7(11)6-5-1-3-9-10(6)4-2-5/h5-6,9H,1-4H2,(H2,8,11). The number of carbonyl (C=O) groups excluding carboxylic acids is 1. The largest absolute Gasteiger partial charge is 0.368 e. The zero-order valence-electron chi connectivity index (χ0n) is 6.42. The molecule has 2 aliphatic heterocycles. The molecular weight excluding hydrogens is 142 g/mol. The highest BCUT2D eigenvalue weighted by molar-refractivity contribution is 5.80. The van der Waals surface area contributed by atoms with Crippen molar-refractivity contribution in [3.63, 3.8) is 0 Å². The molecule has 0 aromatic rings. The number of nitrogens with zero attached hydrogens (tertiary/aromatic N) is 1. The average molecular weight is 155 g/mol. The number of hydrogen-bond donors (Lipinski definition) is 2. The van der Waals surface area contributed by atoms with Gasteiger partial charge in [0.15, 0.2) is 0 Å². The van der Waals surface area contributed by atoms with Crippen LogP contribution < -0.4 is 11.2 Å². The highest BCUT2D eigenvalue weighted by atomic mass is 16.1. The smallest absolute Gasteiger partial charge is 0.236 e. The van der Waals surface area contributed by atoms with Gasteiger partial charge in [-0.2, -0.15) is 0 Å². The summed E-state index contributed by atoms with van der Waals surface area (Å²) >= 11 is 0. The van der Waals surface area contributed by atoms with Crippen LogP contribution in [-0.2, 0) is 4.79 Å². The van der Waals surface area contributed by atoms with Crippen molar-refractivity contribution >= 4 is 5.91 Å². The topological polar surface area (TPSA) is 58.4 Å². The van der Waals surface area contributed by atoms with Crippen LogP contribution in [0.4, 0.5) is 0 Å². The van der Waals surface area contributed by atoms with Crippen LogP contribution in [-0.4, -0.2) is 30.0 Å². The van der Waals surface area contributed by atoms with Crippen molar-refractivity contribution in [2.24, 2.45) is 11.7 Å². The lowest BCUT2D eigenvalue weighted by molar-refractivity contribution is -0.125. The normalized spacial score (nSPS) is 42.4. The number of nitrogens with two attached hydrogens (primary N) is 1. The van der Waals surface area contributed by atoms with E-state index in [1.165, 1.54) is 0 Å². The molecule has 11 heavy (non-hydrogen) atoms. The molecule has 3 atom stereocenters. The van der Waals surface area contributed by atoms with E-state index in [-0.39, 0.29) is 11.9 Å². The maximum absolute atomic E-state index is 11.0. The van der Waals surface area contributed by atoms with Crippen molar-refractivity contribution in [2.75, 3.05) is 13.1 Å². The molecule has 0 aliphatic carbocycles. The molecule has 1 amide bonds. The van der Waals surface area contributed by atoms with Gasteiger partial charge in [-0.15, -0.1) is 0 Å². The summed E-state index contributed by atoms with van der Waals surface area (Å²) in [6, 6.07) is -0.0382. The number of amides is 1. The highest BCUT2D eigenvalue weighted by Gasteiger charge is 2.40. The summed E-state index contributed by atoms with van der Waals surface area (Å²) in [4.78, 5) is 11.0. The Balaban J connectivity index is 2.15. The zero-order valence-corrected chi connectivity index (χ0v) is 6.42. The van der Waals surface area contributed by atoms with Crippen LogP contribution in [0.5, 0.6) is 0 Å². The Morgan fingerprint density at radius 2 is 2.36 bits per heavy atom. The van der Waals surface area contributed by atoms with E-state index in [1.54, 1.807) is 0 Å². The van der Waals surface area contributed by atoms with E-state index in [0.717, 1.165) is 25.9 Å². The second-order valence-electron chi connectivity index (χ2n) is 3.29. The molecule has 0 saturated carbocycles. The van der Waals surface area contributed by atoms with Gasteiger partial charge in [0, 0.05) is 13.1 Å². The number of rotatable bonds is 1. The second-order valence-corrected chi connectivity index (χ2v) is 3.29. The van der Waals surface area contributed by atoms with Gasteiger partial charge < -0.3 is 5.73 Å². The van der Waals surface area contributed by atoms with E-state index >= 15 is 0 Å². The van der Waals surface area contributed by atoms with Gasteiger partial charge in [-0.25, -0.2) is 5.01 Å². The maximum atomic E-state index is 11.0. The van der Waals surface area contributed by atoms with E-state index in [9.17, 15) is 4.79 Å². The molecule has 2 heterocycles. The molecule has 0 aromatic heterocycles. The quantitative estimate of drug-likeness (QED) is 0.514. The molecular formula is C7H13N3O. The molecule has 2 aliphatic rings. The number of carbonyl (C=O) groups is 1. The van der Waals surface area contributed by atoms with Gasteiger partial charge in [0.05, 0.1) is 0 Å². The summed E-state index contributed by atoms with van der Waals surface area (Å²) in [6.45, 7) is 1.96. The summed E-state index contributed by atoms with van der Waals surface area (Å²) in [5.74, 6) is 0.327. The van der Waals surface area contributed by atoms with Crippen LogP contribution >= 0.6 is 0 Å². The zero-order chi connectivity index (χ0) is 7.84. The summed E-state index contributed by atoms with van der Waals surface area (Å²) < 4.78 is 0. The minimum Gasteiger partial charge on any atom is -0.368 e. The first-order valence-corrected chi connectivity index (χ1v) is 4.08. The molecule has 3 N–H and O–H groups in total. The third kappa shape index (κ3) is 1.02. The molecule has 0 radical (unpaired) electrons. The van der Waals surface area contributed by atoms with Gasteiger partial charge in [0.1, 0.15) is 6.04 Å². The molecule has 0 aromatic carbocycles. The minimum absolute atomic E-state index is 0.0382. The van der Waals surface area contributed by atoms with E-state index in [1.807, 2.05) is 5.01 Å². The number of fused-ring (bicyclic) bond motifs is 2. The average Bonchev–Trinajstić information content (AvgIpc) is 2.23. The van der Waals surface area contributed by atoms with Crippen LogP contribution in [0.25, 0.3) is 0 Å². The monoisotopic (exact) mass is 155 g/mol. The molecule has 4 heteroatoms. The number of nitrogens with one attached hydrogen (secondary N) is 1. The van der Waals surface area contributed by atoms with Gasteiger partial charge in [0.25, 0.3) is 0 Å². The van der Waals surface area contributed by atoms with Gasteiger partial charge in [-0.05, 0) is 18.8 Å². The van der Waals surface area contributed by atoms with E-state index < -0.39 is 0 Å². The second kappa shape index (κ2) is 2.46. The summed E-state index contributed by atoms with van der Waals surface area (Å²) in [5, 5.41) is 1.98. The fourth-order valence-electron chi connectivity index (χ4n) is 2.12. The summed E-state index contributed by atoms with van der Waals surface area (Å²) in [6.07, 6.45) is 2.20. The first-order valence-electron chi connectivity index (χ1n) is 4.08. The molecule has 3 unspecified atom stereocenters. The van der Waals surface area contributed by atoms with Gasteiger partial charge in [-0.1, -0.05) is 0 Å². The van der Waals surface area contributed by atoms with Gasteiger partial charge >= 0.3 is 0 Å². The predicted molar refractivity (Wildman–Crippen MR) is 40.4 cm³/mol. The highest BCUT2D eigenvalue weighted by Crippen LogP contribution is 2.28. The third-order valence-electron chi connectivity index (χ3n) is 2.64. The van der Waals surface area contributed by atoms with Crippen molar-refractivity contribution in [3.8, 4) is 0 Å². The molecule has 62 valence electrons. The first-order chi connectivity index (χ1) is 5.29. The van der Waals surface area contributed by atoms with Gasteiger partial charge in [-0.3, -0.25) is 10.2 Å². The number of primary amides is 1. The molecule has 2 rings (SSSR count). The Kier molecular flexibility index (Phi) is 1.58.